The summed E-state index contributed by atoms with van der Waals surface area (Å²) in [5, 5.41) is 2.99. The van der Waals surface area contributed by atoms with Crippen molar-refractivity contribution in [3.63, 3.8) is 0 Å². The van der Waals surface area contributed by atoms with Gasteiger partial charge in [-0.2, -0.15) is 0 Å². The van der Waals surface area contributed by atoms with Gasteiger partial charge in [0.15, 0.2) is 0 Å². The van der Waals surface area contributed by atoms with Crippen molar-refractivity contribution >= 4 is 0 Å². The number of rotatable bonds is 7. The van der Waals surface area contributed by atoms with Crippen LogP contribution in [-0.4, -0.2) is 26.2 Å². The Bertz CT molecular complexity index is 345. The number of aryl methyl sites for hydroxylation is 1. The molecule has 96 valence electrons. The van der Waals surface area contributed by atoms with E-state index in [0.717, 1.165) is 5.56 Å². The first-order valence-corrected chi connectivity index (χ1v) is 5.41. The van der Waals surface area contributed by atoms with E-state index in [-0.39, 0.29) is 12.4 Å². The third-order valence-electron chi connectivity index (χ3n) is 2.23. The van der Waals surface area contributed by atoms with Crippen LogP contribution in [0, 0.1) is 12.7 Å². The van der Waals surface area contributed by atoms with E-state index in [2.05, 4.69) is 10.1 Å². The Labute approximate surface area is 98.8 Å². The summed E-state index contributed by atoms with van der Waals surface area (Å²) in [6, 6.07) is 4.99. The van der Waals surface area contributed by atoms with Crippen LogP contribution < -0.4 is 5.32 Å². The van der Waals surface area contributed by atoms with E-state index in [4.69, 9.17) is 0 Å². The number of alkyl halides is 2. The maximum atomic E-state index is 13.2. The Morgan fingerprint density at radius 3 is 2.76 bits per heavy atom. The van der Waals surface area contributed by atoms with E-state index in [1.54, 1.807) is 13.0 Å². The van der Waals surface area contributed by atoms with Gasteiger partial charge in [-0.1, -0.05) is 12.1 Å². The summed E-state index contributed by atoms with van der Waals surface area (Å²) in [6.07, 6.45) is -2.43. The quantitative estimate of drug-likeness (QED) is 0.747. The Morgan fingerprint density at radius 1 is 1.35 bits per heavy atom. The molecule has 0 radical (unpaired) electrons. The molecule has 0 aromatic heterocycles. The maximum Gasteiger partial charge on any atom is 0.261 e. The number of ether oxygens (including phenoxy) is 1. The largest absolute Gasteiger partial charge is 0.374 e. The minimum atomic E-state index is -2.43. The van der Waals surface area contributed by atoms with Crippen molar-refractivity contribution in [2.45, 2.75) is 19.9 Å². The summed E-state index contributed by atoms with van der Waals surface area (Å²) < 4.78 is 41.3. The maximum absolute atomic E-state index is 13.2. The van der Waals surface area contributed by atoms with Crippen molar-refractivity contribution in [3.05, 3.63) is 35.1 Å². The normalized spacial score (nSPS) is 11.1. The molecule has 1 aromatic carbocycles. The number of halogens is 3. The van der Waals surface area contributed by atoms with Crippen LogP contribution in [0.5, 0.6) is 0 Å². The first-order chi connectivity index (χ1) is 8.09. The van der Waals surface area contributed by atoms with Gasteiger partial charge in [0.1, 0.15) is 12.4 Å². The minimum Gasteiger partial charge on any atom is -0.374 e. The molecule has 0 bridgehead atoms. The van der Waals surface area contributed by atoms with Gasteiger partial charge < -0.3 is 10.1 Å². The molecule has 0 unspecified atom stereocenters. The zero-order chi connectivity index (χ0) is 12.7. The predicted octanol–water partition coefficient (Wildman–Crippen LogP) is 2.51. The van der Waals surface area contributed by atoms with Gasteiger partial charge in [0.05, 0.1) is 6.61 Å². The summed E-state index contributed by atoms with van der Waals surface area (Å²) >= 11 is 0. The van der Waals surface area contributed by atoms with Crippen molar-refractivity contribution in [1.29, 1.82) is 0 Å². The first kappa shape index (κ1) is 14.0. The highest BCUT2D eigenvalue weighted by molar-refractivity contribution is 5.23. The van der Waals surface area contributed by atoms with E-state index in [1.807, 2.05) is 6.07 Å². The Kier molecular flexibility index (Phi) is 6.00. The molecule has 1 rings (SSSR count). The molecular formula is C12H16F3NO. The molecule has 1 aromatic rings. The Hall–Kier alpha value is -1.07. The van der Waals surface area contributed by atoms with Gasteiger partial charge in [-0.25, -0.2) is 13.2 Å². The summed E-state index contributed by atoms with van der Waals surface area (Å²) in [5.41, 5.74) is 1.43. The first-order valence-electron chi connectivity index (χ1n) is 5.41. The highest BCUT2D eigenvalue weighted by Gasteiger charge is 2.01. The fourth-order valence-electron chi connectivity index (χ4n) is 1.30. The van der Waals surface area contributed by atoms with Gasteiger partial charge in [0, 0.05) is 13.1 Å². The number of hydrogen-bond acceptors (Lipinski definition) is 2. The van der Waals surface area contributed by atoms with Gasteiger partial charge in [0.25, 0.3) is 6.43 Å². The lowest BCUT2D eigenvalue weighted by Crippen LogP contribution is -2.20. The monoisotopic (exact) mass is 247 g/mol. The SMILES string of the molecule is Cc1ccc(CNCCOCC(F)F)cc1F. The van der Waals surface area contributed by atoms with E-state index < -0.39 is 13.0 Å². The summed E-state index contributed by atoms with van der Waals surface area (Å²) in [5.74, 6) is -0.238. The van der Waals surface area contributed by atoms with Crippen LogP contribution in [0.1, 0.15) is 11.1 Å². The summed E-state index contributed by atoms with van der Waals surface area (Å²) in [4.78, 5) is 0. The summed E-state index contributed by atoms with van der Waals surface area (Å²) in [6.45, 7) is 2.34. The van der Waals surface area contributed by atoms with Crippen molar-refractivity contribution in [2.75, 3.05) is 19.8 Å². The second-order valence-electron chi connectivity index (χ2n) is 3.73. The topological polar surface area (TPSA) is 21.3 Å². The molecule has 0 aliphatic heterocycles. The van der Waals surface area contributed by atoms with Crippen molar-refractivity contribution < 1.29 is 17.9 Å². The second-order valence-corrected chi connectivity index (χ2v) is 3.73. The average Bonchev–Trinajstić information content (AvgIpc) is 2.27. The smallest absolute Gasteiger partial charge is 0.261 e. The minimum absolute atomic E-state index is 0.221. The van der Waals surface area contributed by atoms with Gasteiger partial charge in [-0.05, 0) is 24.1 Å². The second kappa shape index (κ2) is 7.29. The molecule has 0 heterocycles. The van der Waals surface area contributed by atoms with Crippen LogP contribution >= 0.6 is 0 Å². The molecule has 0 aliphatic carbocycles. The lowest BCUT2D eigenvalue weighted by atomic mass is 10.1. The summed E-state index contributed by atoms with van der Waals surface area (Å²) in [7, 11) is 0. The zero-order valence-electron chi connectivity index (χ0n) is 9.68. The molecular weight excluding hydrogens is 231 g/mol. The lowest BCUT2D eigenvalue weighted by Gasteiger charge is -2.06. The number of hydrogen-bond donors (Lipinski definition) is 1. The Balaban J connectivity index is 2.16. The van der Waals surface area contributed by atoms with E-state index in [0.29, 0.717) is 18.7 Å². The molecule has 5 heteroatoms. The molecule has 1 N–H and O–H groups in total. The van der Waals surface area contributed by atoms with Crippen LogP contribution in [0.25, 0.3) is 0 Å². The fourth-order valence-corrected chi connectivity index (χ4v) is 1.30. The van der Waals surface area contributed by atoms with Crippen molar-refractivity contribution in [1.82, 2.24) is 5.32 Å². The molecule has 0 aliphatic rings. The van der Waals surface area contributed by atoms with Gasteiger partial charge >= 0.3 is 0 Å². The van der Waals surface area contributed by atoms with Crippen LogP contribution in [0.2, 0.25) is 0 Å². The zero-order valence-corrected chi connectivity index (χ0v) is 9.68. The van der Waals surface area contributed by atoms with Gasteiger partial charge in [0.2, 0.25) is 0 Å². The van der Waals surface area contributed by atoms with Gasteiger partial charge in [-0.15, -0.1) is 0 Å². The third-order valence-corrected chi connectivity index (χ3v) is 2.23. The Morgan fingerprint density at radius 2 is 2.12 bits per heavy atom. The molecule has 2 nitrogen and oxygen atoms in total. The van der Waals surface area contributed by atoms with Crippen LogP contribution in [0.4, 0.5) is 13.2 Å². The molecule has 0 spiro atoms. The van der Waals surface area contributed by atoms with Gasteiger partial charge in [-0.3, -0.25) is 0 Å². The molecule has 0 saturated heterocycles. The molecule has 0 amide bonds. The average molecular weight is 247 g/mol. The molecule has 17 heavy (non-hydrogen) atoms. The fraction of sp³-hybridized carbons (Fsp3) is 0.500. The predicted molar refractivity (Wildman–Crippen MR) is 59.7 cm³/mol. The van der Waals surface area contributed by atoms with Crippen LogP contribution in [0.15, 0.2) is 18.2 Å². The van der Waals surface area contributed by atoms with Crippen molar-refractivity contribution in [3.8, 4) is 0 Å². The highest BCUT2D eigenvalue weighted by atomic mass is 19.3. The van der Waals surface area contributed by atoms with E-state index in [9.17, 15) is 13.2 Å². The number of benzene rings is 1. The molecule has 0 fully saturated rings. The van der Waals surface area contributed by atoms with Crippen molar-refractivity contribution in [2.24, 2.45) is 0 Å². The van der Waals surface area contributed by atoms with Crippen LogP contribution in [0.3, 0.4) is 0 Å². The van der Waals surface area contributed by atoms with Crippen LogP contribution in [-0.2, 0) is 11.3 Å². The lowest BCUT2D eigenvalue weighted by molar-refractivity contribution is 0.0187. The number of nitrogens with one attached hydrogen (secondary N) is 1. The molecule has 0 saturated carbocycles. The third kappa shape index (κ3) is 5.70. The van der Waals surface area contributed by atoms with E-state index in [1.165, 1.54) is 6.07 Å². The van der Waals surface area contributed by atoms with E-state index >= 15 is 0 Å². The standard InChI is InChI=1S/C12H16F3NO/c1-9-2-3-10(6-11(9)13)7-16-4-5-17-8-12(14)15/h2-3,6,12,16H,4-5,7-8H2,1H3. The highest BCUT2D eigenvalue weighted by Crippen LogP contribution is 2.08. The molecule has 0 atom stereocenters.